The van der Waals surface area contributed by atoms with Crippen molar-refractivity contribution in [2.75, 3.05) is 0 Å². The van der Waals surface area contributed by atoms with Gasteiger partial charge in [-0.25, -0.2) is 4.52 Å². The number of carbonyl (C=O) groups excluding carboxylic acids is 1. The van der Waals surface area contributed by atoms with Crippen molar-refractivity contribution in [1.82, 2.24) is 9.61 Å². The summed E-state index contributed by atoms with van der Waals surface area (Å²) in [6, 6.07) is 5.02. The number of rotatable bonds is 2. The van der Waals surface area contributed by atoms with Gasteiger partial charge in [-0.2, -0.15) is 5.10 Å². The summed E-state index contributed by atoms with van der Waals surface area (Å²) in [5, 5.41) is 4.04. The van der Waals surface area contributed by atoms with Gasteiger partial charge in [-0.05, 0) is 25.1 Å². The third-order valence-electron chi connectivity index (χ3n) is 2.09. The van der Waals surface area contributed by atoms with Crippen LogP contribution in [0.5, 0.6) is 0 Å². The van der Waals surface area contributed by atoms with E-state index in [0.29, 0.717) is 5.56 Å². The Morgan fingerprint density at radius 1 is 1.50 bits per heavy atom. The second-order valence-corrected chi connectivity index (χ2v) is 3.27. The fraction of sp³-hybridized carbons (Fsp3) is 0.200. The van der Waals surface area contributed by atoms with Crippen molar-refractivity contribution in [3.8, 4) is 0 Å². The minimum atomic E-state index is -0.469. The van der Waals surface area contributed by atoms with E-state index in [1.807, 2.05) is 12.1 Å². The van der Waals surface area contributed by atoms with Gasteiger partial charge < -0.3 is 5.73 Å². The van der Waals surface area contributed by atoms with Crippen molar-refractivity contribution in [3.63, 3.8) is 0 Å². The molecule has 0 aliphatic rings. The van der Waals surface area contributed by atoms with Gasteiger partial charge in [0.05, 0.1) is 11.6 Å². The highest BCUT2D eigenvalue weighted by Crippen LogP contribution is 2.07. The number of nitrogens with two attached hydrogens (primary N) is 1. The molecule has 4 nitrogen and oxygen atoms in total. The summed E-state index contributed by atoms with van der Waals surface area (Å²) in [5.41, 5.74) is 7.07. The fourth-order valence-electron chi connectivity index (χ4n) is 1.32. The quantitative estimate of drug-likeness (QED) is 0.713. The molecule has 0 fully saturated rings. The lowest BCUT2D eigenvalue weighted by molar-refractivity contribution is 0.0967. The zero-order chi connectivity index (χ0) is 10.1. The summed E-state index contributed by atoms with van der Waals surface area (Å²) in [5.74, 6) is -0.0672. The average Bonchev–Trinajstić information content (AvgIpc) is 2.62. The number of Topliss-reactive ketones (excluding diaryl/α,β-unsaturated/α-hetero) is 1. The summed E-state index contributed by atoms with van der Waals surface area (Å²) >= 11 is 0. The molecule has 0 saturated heterocycles. The van der Waals surface area contributed by atoms with Crippen LogP contribution in [0.1, 0.15) is 17.3 Å². The van der Waals surface area contributed by atoms with Gasteiger partial charge in [0.2, 0.25) is 0 Å². The van der Waals surface area contributed by atoms with Gasteiger partial charge >= 0.3 is 0 Å². The van der Waals surface area contributed by atoms with Crippen molar-refractivity contribution < 1.29 is 4.79 Å². The Morgan fingerprint density at radius 2 is 2.29 bits per heavy atom. The Hall–Kier alpha value is -1.68. The predicted molar refractivity (Wildman–Crippen MR) is 53.2 cm³/mol. The zero-order valence-corrected chi connectivity index (χ0v) is 7.84. The van der Waals surface area contributed by atoms with E-state index in [4.69, 9.17) is 5.73 Å². The molecule has 2 aromatic rings. The predicted octanol–water partition coefficient (Wildman–Crippen LogP) is 0.864. The van der Waals surface area contributed by atoms with Crippen LogP contribution in [0.4, 0.5) is 0 Å². The van der Waals surface area contributed by atoms with E-state index in [1.165, 1.54) is 0 Å². The van der Waals surface area contributed by atoms with E-state index in [1.54, 1.807) is 29.9 Å². The molecular weight excluding hydrogens is 178 g/mol. The minimum Gasteiger partial charge on any atom is -0.321 e. The number of aromatic nitrogens is 2. The zero-order valence-electron chi connectivity index (χ0n) is 7.84. The van der Waals surface area contributed by atoms with E-state index in [-0.39, 0.29) is 5.78 Å². The van der Waals surface area contributed by atoms with Gasteiger partial charge in [-0.15, -0.1) is 0 Å². The Morgan fingerprint density at radius 3 is 3.00 bits per heavy atom. The largest absolute Gasteiger partial charge is 0.321 e. The highest BCUT2D eigenvalue weighted by molar-refractivity contribution is 5.99. The standard InChI is InChI=1S/C10H11N3O/c1-7(11)10(14)8-2-3-9-4-5-12-13(9)6-8/h2-7H,11H2,1H3. The smallest absolute Gasteiger partial charge is 0.180 e. The van der Waals surface area contributed by atoms with Crippen molar-refractivity contribution in [2.45, 2.75) is 13.0 Å². The maximum Gasteiger partial charge on any atom is 0.180 e. The lowest BCUT2D eigenvalue weighted by Gasteiger charge is -2.04. The molecule has 14 heavy (non-hydrogen) atoms. The molecular formula is C10H11N3O. The molecule has 2 aromatic heterocycles. The summed E-state index contributed by atoms with van der Waals surface area (Å²) in [4.78, 5) is 11.5. The number of ketones is 1. The van der Waals surface area contributed by atoms with Crippen LogP contribution < -0.4 is 5.73 Å². The lowest BCUT2D eigenvalue weighted by atomic mass is 10.1. The van der Waals surface area contributed by atoms with Crippen molar-refractivity contribution in [3.05, 3.63) is 36.2 Å². The van der Waals surface area contributed by atoms with Gasteiger partial charge in [-0.1, -0.05) is 0 Å². The number of nitrogens with zero attached hydrogens (tertiary/aromatic N) is 2. The highest BCUT2D eigenvalue weighted by Gasteiger charge is 2.10. The molecule has 72 valence electrons. The minimum absolute atomic E-state index is 0.0672. The number of carbonyl (C=O) groups is 1. The van der Waals surface area contributed by atoms with Crippen molar-refractivity contribution in [1.29, 1.82) is 0 Å². The van der Waals surface area contributed by atoms with Crippen LogP contribution in [0, 0.1) is 0 Å². The summed E-state index contributed by atoms with van der Waals surface area (Å²) in [6.07, 6.45) is 3.39. The molecule has 2 heterocycles. The maximum atomic E-state index is 11.5. The molecule has 2 rings (SSSR count). The van der Waals surface area contributed by atoms with Gasteiger partial charge in [-0.3, -0.25) is 4.79 Å². The Labute approximate surface area is 81.3 Å². The monoisotopic (exact) mass is 189 g/mol. The molecule has 0 spiro atoms. The molecule has 0 saturated carbocycles. The van der Waals surface area contributed by atoms with Crippen LogP contribution in [0.2, 0.25) is 0 Å². The second-order valence-electron chi connectivity index (χ2n) is 3.27. The highest BCUT2D eigenvalue weighted by atomic mass is 16.1. The number of pyridine rings is 1. The molecule has 0 aliphatic heterocycles. The van der Waals surface area contributed by atoms with E-state index < -0.39 is 6.04 Å². The molecule has 0 bridgehead atoms. The normalized spacial score (nSPS) is 13.0. The molecule has 4 heteroatoms. The van der Waals surface area contributed by atoms with Gasteiger partial charge in [0.1, 0.15) is 0 Å². The topological polar surface area (TPSA) is 60.4 Å². The molecule has 2 N–H and O–H groups in total. The van der Waals surface area contributed by atoms with Crippen LogP contribution in [0.15, 0.2) is 30.6 Å². The van der Waals surface area contributed by atoms with E-state index in [0.717, 1.165) is 5.52 Å². The van der Waals surface area contributed by atoms with Crippen LogP contribution in [0.25, 0.3) is 5.52 Å². The summed E-state index contributed by atoms with van der Waals surface area (Å²) in [6.45, 7) is 1.68. The second kappa shape index (κ2) is 3.23. The third kappa shape index (κ3) is 1.40. The third-order valence-corrected chi connectivity index (χ3v) is 2.09. The molecule has 0 aliphatic carbocycles. The average molecular weight is 189 g/mol. The molecule has 0 aromatic carbocycles. The first-order chi connectivity index (χ1) is 6.68. The molecule has 0 radical (unpaired) electrons. The van der Waals surface area contributed by atoms with Crippen LogP contribution >= 0.6 is 0 Å². The summed E-state index contributed by atoms with van der Waals surface area (Å²) < 4.78 is 1.66. The van der Waals surface area contributed by atoms with Crippen molar-refractivity contribution >= 4 is 11.3 Å². The fourth-order valence-corrected chi connectivity index (χ4v) is 1.32. The first-order valence-corrected chi connectivity index (χ1v) is 4.41. The molecule has 0 amide bonds. The first kappa shape index (κ1) is 8.90. The SMILES string of the molecule is CC(N)C(=O)c1ccc2ccnn2c1. The summed E-state index contributed by atoms with van der Waals surface area (Å²) in [7, 11) is 0. The lowest BCUT2D eigenvalue weighted by Crippen LogP contribution is -2.26. The van der Waals surface area contributed by atoms with Gasteiger partial charge in [0, 0.05) is 18.0 Å². The van der Waals surface area contributed by atoms with Crippen LogP contribution in [0.3, 0.4) is 0 Å². The van der Waals surface area contributed by atoms with E-state index in [2.05, 4.69) is 5.10 Å². The van der Waals surface area contributed by atoms with Gasteiger partial charge in [0.25, 0.3) is 0 Å². The van der Waals surface area contributed by atoms with E-state index >= 15 is 0 Å². The molecule has 1 atom stereocenters. The number of hydrogen-bond donors (Lipinski definition) is 1. The number of fused-ring (bicyclic) bond motifs is 1. The Bertz CT molecular complexity index is 473. The Balaban J connectivity index is 2.48. The van der Waals surface area contributed by atoms with E-state index in [9.17, 15) is 4.79 Å². The van der Waals surface area contributed by atoms with Crippen LogP contribution in [-0.2, 0) is 0 Å². The Kier molecular flexibility index (Phi) is 2.05. The molecule has 1 unspecified atom stereocenters. The first-order valence-electron chi connectivity index (χ1n) is 4.41. The van der Waals surface area contributed by atoms with Crippen molar-refractivity contribution in [2.24, 2.45) is 5.73 Å². The maximum absolute atomic E-state index is 11.5. The number of hydrogen-bond acceptors (Lipinski definition) is 3. The van der Waals surface area contributed by atoms with Crippen LogP contribution in [-0.4, -0.2) is 21.4 Å². The van der Waals surface area contributed by atoms with Gasteiger partial charge in [0.15, 0.2) is 5.78 Å².